The van der Waals surface area contributed by atoms with Crippen LogP contribution in [0.4, 0.5) is 10.1 Å². The molecule has 45 heavy (non-hydrogen) atoms. The Morgan fingerprint density at radius 1 is 0.889 bits per heavy atom. The monoisotopic (exact) mass is 693 g/mol. The zero-order chi connectivity index (χ0) is 32.6. The number of aryl methyl sites for hydroxylation is 1. The van der Waals surface area contributed by atoms with Crippen LogP contribution >= 0.6 is 15.9 Å². The van der Waals surface area contributed by atoms with Gasteiger partial charge in [-0.05, 0) is 54.8 Å². The van der Waals surface area contributed by atoms with Crippen molar-refractivity contribution in [3.8, 4) is 0 Å². The van der Waals surface area contributed by atoms with Crippen LogP contribution in [0.2, 0.25) is 0 Å². The number of anilines is 1. The van der Waals surface area contributed by atoms with Gasteiger partial charge in [0.15, 0.2) is 0 Å². The van der Waals surface area contributed by atoms with Crippen molar-refractivity contribution in [2.24, 2.45) is 5.92 Å². The highest BCUT2D eigenvalue weighted by atomic mass is 79.9. The van der Waals surface area contributed by atoms with Gasteiger partial charge in [0, 0.05) is 29.5 Å². The molecule has 0 aliphatic carbocycles. The predicted molar refractivity (Wildman–Crippen MR) is 179 cm³/mol. The van der Waals surface area contributed by atoms with Gasteiger partial charge in [0.1, 0.15) is 18.4 Å². The van der Waals surface area contributed by atoms with E-state index in [-0.39, 0.29) is 35.0 Å². The summed E-state index contributed by atoms with van der Waals surface area (Å²) in [5.41, 5.74) is 2.14. The minimum atomic E-state index is -4.23. The van der Waals surface area contributed by atoms with Crippen LogP contribution in [0.25, 0.3) is 0 Å². The van der Waals surface area contributed by atoms with E-state index in [0.29, 0.717) is 11.0 Å². The summed E-state index contributed by atoms with van der Waals surface area (Å²) in [5, 5.41) is 2.93. The first-order valence-electron chi connectivity index (χ1n) is 14.6. The SMILES string of the molecule is Cc1ccc(S(=O)(=O)N(CC(=O)N(Cc2ccccc2F)C(Cc2ccccc2)C(=O)NCC(C)C)c2cccc(Br)c2)cc1. The summed E-state index contributed by atoms with van der Waals surface area (Å²) in [6.07, 6.45) is 0.145. The second-order valence-electron chi connectivity index (χ2n) is 11.3. The average Bonchev–Trinajstić information content (AvgIpc) is 3.01. The highest BCUT2D eigenvalue weighted by Crippen LogP contribution is 2.27. The van der Waals surface area contributed by atoms with Crippen molar-refractivity contribution in [2.75, 3.05) is 17.4 Å². The molecule has 7 nitrogen and oxygen atoms in total. The van der Waals surface area contributed by atoms with Gasteiger partial charge in [-0.3, -0.25) is 13.9 Å². The molecule has 236 valence electrons. The highest BCUT2D eigenvalue weighted by Gasteiger charge is 2.35. The number of nitrogens with one attached hydrogen (secondary N) is 1. The van der Waals surface area contributed by atoms with E-state index in [0.717, 1.165) is 15.4 Å². The van der Waals surface area contributed by atoms with Crippen LogP contribution in [-0.2, 0) is 32.6 Å². The van der Waals surface area contributed by atoms with Gasteiger partial charge in [-0.1, -0.05) is 102 Å². The molecule has 4 rings (SSSR count). The van der Waals surface area contributed by atoms with Crippen molar-refractivity contribution in [2.45, 2.75) is 44.7 Å². The summed E-state index contributed by atoms with van der Waals surface area (Å²) >= 11 is 3.41. The van der Waals surface area contributed by atoms with Crippen molar-refractivity contribution in [3.05, 3.63) is 130 Å². The molecule has 0 saturated heterocycles. The number of carbonyl (C=O) groups is 2. The van der Waals surface area contributed by atoms with E-state index in [1.54, 1.807) is 54.6 Å². The smallest absolute Gasteiger partial charge is 0.264 e. The Bertz CT molecular complexity index is 1720. The summed E-state index contributed by atoms with van der Waals surface area (Å²) in [4.78, 5) is 29.5. The summed E-state index contributed by atoms with van der Waals surface area (Å²) < 4.78 is 44.9. The number of benzene rings is 4. The van der Waals surface area contributed by atoms with Gasteiger partial charge in [0.05, 0.1) is 10.6 Å². The molecule has 1 unspecified atom stereocenters. The molecule has 0 saturated carbocycles. The van der Waals surface area contributed by atoms with Crippen LogP contribution in [0, 0.1) is 18.7 Å². The quantitative estimate of drug-likeness (QED) is 0.173. The van der Waals surface area contributed by atoms with Crippen LogP contribution in [0.5, 0.6) is 0 Å². The maximum absolute atomic E-state index is 15.0. The van der Waals surface area contributed by atoms with E-state index in [1.165, 1.54) is 23.1 Å². The molecule has 4 aromatic carbocycles. The Morgan fingerprint density at radius 2 is 1.56 bits per heavy atom. The molecule has 0 heterocycles. The van der Waals surface area contributed by atoms with Crippen molar-refractivity contribution < 1.29 is 22.4 Å². The fourth-order valence-corrected chi connectivity index (χ4v) is 6.58. The molecule has 0 aliphatic rings. The zero-order valence-electron chi connectivity index (χ0n) is 25.5. The third kappa shape index (κ3) is 9.02. The van der Waals surface area contributed by atoms with E-state index in [2.05, 4.69) is 21.2 Å². The predicted octanol–water partition coefficient (Wildman–Crippen LogP) is 6.50. The van der Waals surface area contributed by atoms with Gasteiger partial charge in [-0.15, -0.1) is 0 Å². The average molecular weight is 695 g/mol. The number of amides is 2. The van der Waals surface area contributed by atoms with E-state index < -0.39 is 40.2 Å². The lowest BCUT2D eigenvalue weighted by Crippen LogP contribution is -2.53. The minimum absolute atomic E-state index is 0.0111. The Kier molecular flexibility index (Phi) is 11.5. The molecule has 0 aromatic heterocycles. The maximum Gasteiger partial charge on any atom is 0.264 e. The number of nitrogens with zero attached hydrogens (tertiary/aromatic N) is 2. The van der Waals surface area contributed by atoms with E-state index in [4.69, 9.17) is 0 Å². The lowest BCUT2D eigenvalue weighted by molar-refractivity contribution is -0.140. The minimum Gasteiger partial charge on any atom is -0.354 e. The Balaban J connectivity index is 1.81. The lowest BCUT2D eigenvalue weighted by atomic mass is 10.0. The number of hydrogen-bond donors (Lipinski definition) is 1. The van der Waals surface area contributed by atoms with Gasteiger partial charge in [0.25, 0.3) is 10.0 Å². The summed E-state index contributed by atoms with van der Waals surface area (Å²) in [6, 6.07) is 27.2. The van der Waals surface area contributed by atoms with E-state index >= 15 is 4.39 Å². The molecule has 0 radical (unpaired) electrons. The largest absolute Gasteiger partial charge is 0.354 e. The van der Waals surface area contributed by atoms with Crippen molar-refractivity contribution in [3.63, 3.8) is 0 Å². The Labute approximate surface area is 273 Å². The van der Waals surface area contributed by atoms with E-state index in [1.807, 2.05) is 51.1 Å². The second kappa shape index (κ2) is 15.3. The van der Waals surface area contributed by atoms with Gasteiger partial charge in [0.2, 0.25) is 11.8 Å². The molecule has 0 bridgehead atoms. The third-order valence-corrected chi connectivity index (χ3v) is 9.52. The Hall–Kier alpha value is -4.02. The van der Waals surface area contributed by atoms with Gasteiger partial charge >= 0.3 is 0 Å². The number of halogens is 2. The molecule has 4 aromatic rings. The number of hydrogen-bond acceptors (Lipinski definition) is 4. The normalized spacial score (nSPS) is 12.0. The number of rotatable bonds is 13. The summed E-state index contributed by atoms with van der Waals surface area (Å²) in [6.45, 7) is 5.28. The number of sulfonamides is 1. The van der Waals surface area contributed by atoms with Gasteiger partial charge in [-0.2, -0.15) is 0 Å². The first-order chi connectivity index (χ1) is 21.5. The first kappa shape index (κ1) is 33.9. The third-order valence-electron chi connectivity index (χ3n) is 7.24. The van der Waals surface area contributed by atoms with Crippen molar-refractivity contribution >= 4 is 43.5 Å². The zero-order valence-corrected chi connectivity index (χ0v) is 27.9. The molecular formula is C35H37BrFN3O4S. The molecule has 0 fully saturated rings. The Morgan fingerprint density at radius 3 is 2.20 bits per heavy atom. The summed E-state index contributed by atoms with van der Waals surface area (Å²) in [5.74, 6) is -1.46. The second-order valence-corrected chi connectivity index (χ2v) is 14.0. The maximum atomic E-state index is 15.0. The van der Waals surface area contributed by atoms with Crippen LogP contribution in [-0.4, -0.2) is 44.3 Å². The molecule has 1 N–H and O–H groups in total. The standard InChI is InChI=1S/C35H37BrFN3O4S/c1-25(2)22-38-35(42)33(20-27-10-5-4-6-11-27)39(23-28-12-7-8-15-32(28)37)34(41)24-40(30-14-9-13-29(36)21-30)45(43,44)31-18-16-26(3)17-19-31/h4-19,21,25,33H,20,22-24H2,1-3H3,(H,38,42). The lowest BCUT2D eigenvalue weighted by Gasteiger charge is -2.34. The summed E-state index contributed by atoms with van der Waals surface area (Å²) in [7, 11) is -4.23. The van der Waals surface area contributed by atoms with Crippen LogP contribution < -0.4 is 9.62 Å². The molecule has 2 amide bonds. The van der Waals surface area contributed by atoms with Gasteiger partial charge < -0.3 is 10.2 Å². The van der Waals surface area contributed by atoms with Gasteiger partial charge in [-0.25, -0.2) is 12.8 Å². The molecule has 0 aliphatic heterocycles. The topological polar surface area (TPSA) is 86.8 Å². The van der Waals surface area contributed by atoms with Crippen LogP contribution in [0.3, 0.4) is 0 Å². The fourth-order valence-electron chi connectivity index (χ4n) is 4.78. The molecule has 1 atom stereocenters. The molecular weight excluding hydrogens is 657 g/mol. The molecule has 0 spiro atoms. The van der Waals surface area contributed by atoms with Crippen LogP contribution in [0.15, 0.2) is 112 Å². The first-order valence-corrected chi connectivity index (χ1v) is 16.9. The highest BCUT2D eigenvalue weighted by molar-refractivity contribution is 9.10. The number of carbonyl (C=O) groups excluding carboxylic acids is 2. The van der Waals surface area contributed by atoms with Crippen LogP contribution in [0.1, 0.15) is 30.5 Å². The van der Waals surface area contributed by atoms with Crippen molar-refractivity contribution in [1.29, 1.82) is 0 Å². The fraction of sp³-hybridized carbons (Fsp3) is 0.257. The van der Waals surface area contributed by atoms with Crippen molar-refractivity contribution in [1.82, 2.24) is 10.2 Å². The van der Waals surface area contributed by atoms with E-state index in [9.17, 15) is 18.0 Å². The molecule has 10 heteroatoms.